The number of nitrogens with zero attached hydrogens (tertiary/aromatic N) is 2. The maximum Gasteiger partial charge on any atom is 0.287 e. The van der Waals surface area contributed by atoms with Crippen LogP contribution in [0.15, 0.2) is 18.2 Å². The first-order valence-corrected chi connectivity index (χ1v) is 6.74. The van der Waals surface area contributed by atoms with Gasteiger partial charge in [0.15, 0.2) is 0 Å². The molecule has 1 unspecified atom stereocenters. The van der Waals surface area contributed by atoms with Crippen molar-refractivity contribution in [2.24, 2.45) is 5.92 Å². The Balaban J connectivity index is 2.10. The molecule has 1 aromatic carbocycles. The standard InChI is InChI=1S/C13H15ClN2O4/c14-11-7-10(1-2-12(11)16(19)20)13(18)15-5-3-9(8-15)4-6-17/h1-2,7,9,17H,3-6,8H2. The number of hydrogen-bond donors (Lipinski definition) is 1. The second kappa shape index (κ2) is 6.19. The Bertz CT molecular complexity index is 535. The molecule has 1 aliphatic rings. The number of carbonyl (C=O) groups is 1. The lowest BCUT2D eigenvalue weighted by Crippen LogP contribution is -2.28. The highest BCUT2D eigenvalue weighted by Crippen LogP contribution is 2.27. The summed E-state index contributed by atoms with van der Waals surface area (Å²) in [7, 11) is 0. The van der Waals surface area contributed by atoms with Crippen molar-refractivity contribution in [1.29, 1.82) is 0 Å². The fourth-order valence-electron chi connectivity index (χ4n) is 2.41. The van der Waals surface area contributed by atoms with E-state index in [0.717, 1.165) is 6.42 Å². The van der Waals surface area contributed by atoms with Crippen LogP contribution in [0.25, 0.3) is 0 Å². The molecule has 0 radical (unpaired) electrons. The molecule has 0 spiro atoms. The first-order chi connectivity index (χ1) is 9.52. The molecule has 1 atom stereocenters. The normalized spacial score (nSPS) is 18.3. The molecule has 1 amide bonds. The largest absolute Gasteiger partial charge is 0.396 e. The van der Waals surface area contributed by atoms with Crippen LogP contribution in [0.3, 0.4) is 0 Å². The average Bonchev–Trinajstić information content (AvgIpc) is 2.86. The van der Waals surface area contributed by atoms with Gasteiger partial charge in [0.05, 0.1) is 4.92 Å². The number of nitro groups is 1. The van der Waals surface area contributed by atoms with Crippen molar-refractivity contribution in [3.05, 3.63) is 38.9 Å². The molecule has 2 rings (SSSR count). The van der Waals surface area contributed by atoms with Gasteiger partial charge in [0, 0.05) is 31.3 Å². The van der Waals surface area contributed by atoms with Crippen LogP contribution >= 0.6 is 11.6 Å². The number of aliphatic hydroxyl groups is 1. The zero-order valence-electron chi connectivity index (χ0n) is 10.8. The van der Waals surface area contributed by atoms with E-state index in [1.165, 1.54) is 18.2 Å². The van der Waals surface area contributed by atoms with Gasteiger partial charge in [-0.25, -0.2) is 0 Å². The van der Waals surface area contributed by atoms with E-state index in [1.54, 1.807) is 4.90 Å². The van der Waals surface area contributed by atoms with E-state index < -0.39 is 4.92 Å². The molecule has 1 fully saturated rings. The molecule has 0 bridgehead atoms. The molecule has 1 saturated heterocycles. The Morgan fingerprint density at radius 2 is 2.30 bits per heavy atom. The third-order valence-corrected chi connectivity index (χ3v) is 3.80. The minimum Gasteiger partial charge on any atom is -0.396 e. The molecule has 7 heteroatoms. The van der Waals surface area contributed by atoms with E-state index in [0.29, 0.717) is 31.0 Å². The van der Waals surface area contributed by atoms with Gasteiger partial charge >= 0.3 is 0 Å². The predicted octanol–water partition coefficient (Wildman–Crippen LogP) is 2.09. The molecule has 108 valence electrons. The lowest BCUT2D eigenvalue weighted by atomic mass is 10.1. The van der Waals surface area contributed by atoms with Gasteiger partial charge in [-0.3, -0.25) is 14.9 Å². The van der Waals surface area contributed by atoms with Crippen molar-refractivity contribution in [2.75, 3.05) is 19.7 Å². The molecule has 0 aliphatic carbocycles. The molecule has 0 saturated carbocycles. The molecular weight excluding hydrogens is 284 g/mol. The summed E-state index contributed by atoms with van der Waals surface area (Å²) >= 11 is 5.81. The Kier molecular flexibility index (Phi) is 4.57. The van der Waals surface area contributed by atoms with Gasteiger partial charge in [-0.15, -0.1) is 0 Å². The lowest BCUT2D eigenvalue weighted by Gasteiger charge is -2.16. The number of hydrogen-bond acceptors (Lipinski definition) is 4. The summed E-state index contributed by atoms with van der Waals surface area (Å²) in [4.78, 5) is 24.1. The van der Waals surface area contributed by atoms with E-state index in [-0.39, 0.29) is 23.2 Å². The van der Waals surface area contributed by atoms with Crippen LogP contribution in [0.2, 0.25) is 5.02 Å². The van der Waals surface area contributed by atoms with Crippen molar-refractivity contribution in [1.82, 2.24) is 4.90 Å². The number of halogens is 1. The van der Waals surface area contributed by atoms with E-state index in [2.05, 4.69) is 0 Å². The van der Waals surface area contributed by atoms with Crippen molar-refractivity contribution in [3.63, 3.8) is 0 Å². The first kappa shape index (κ1) is 14.7. The van der Waals surface area contributed by atoms with E-state index >= 15 is 0 Å². The van der Waals surface area contributed by atoms with Gasteiger partial charge in [-0.1, -0.05) is 11.6 Å². The maximum absolute atomic E-state index is 12.3. The summed E-state index contributed by atoms with van der Waals surface area (Å²) in [6, 6.07) is 4.00. The summed E-state index contributed by atoms with van der Waals surface area (Å²) < 4.78 is 0. The molecule has 20 heavy (non-hydrogen) atoms. The Morgan fingerprint density at radius 1 is 1.55 bits per heavy atom. The SMILES string of the molecule is O=C(c1ccc([N+](=O)[O-])c(Cl)c1)N1CCC(CCO)C1. The number of amides is 1. The number of carbonyl (C=O) groups excluding carboxylic acids is 1. The number of benzene rings is 1. The van der Waals surface area contributed by atoms with Crippen LogP contribution in [-0.4, -0.2) is 40.5 Å². The molecule has 1 N–H and O–H groups in total. The second-order valence-electron chi connectivity index (χ2n) is 4.84. The van der Waals surface area contributed by atoms with E-state index in [9.17, 15) is 14.9 Å². The van der Waals surface area contributed by atoms with Crippen molar-refractivity contribution in [3.8, 4) is 0 Å². The second-order valence-corrected chi connectivity index (χ2v) is 5.25. The Labute approximate surface area is 121 Å². The molecule has 6 nitrogen and oxygen atoms in total. The molecule has 0 aromatic heterocycles. The first-order valence-electron chi connectivity index (χ1n) is 6.37. The Hall–Kier alpha value is -1.66. The van der Waals surface area contributed by atoms with Crippen LogP contribution in [0, 0.1) is 16.0 Å². The zero-order valence-corrected chi connectivity index (χ0v) is 11.5. The summed E-state index contributed by atoms with van der Waals surface area (Å²) in [5.41, 5.74) is 0.146. The summed E-state index contributed by atoms with van der Waals surface area (Å²) in [5.74, 6) is 0.139. The number of likely N-dealkylation sites (tertiary alicyclic amines) is 1. The molecule has 1 aliphatic heterocycles. The quantitative estimate of drug-likeness (QED) is 0.681. The highest BCUT2D eigenvalue weighted by Gasteiger charge is 2.27. The monoisotopic (exact) mass is 298 g/mol. The van der Waals surface area contributed by atoms with Crippen LogP contribution in [0.5, 0.6) is 0 Å². The summed E-state index contributed by atoms with van der Waals surface area (Å²) in [6.45, 7) is 1.36. The van der Waals surface area contributed by atoms with Crippen molar-refractivity contribution < 1.29 is 14.8 Å². The summed E-state index contributed by atoms with van der Waals surface area (Å²) in [6.07, 6.45) is 1.55. The van der Waals surface area contributed by atoms with E-state index in [4.69, 9.17) is 16.7 Å². The van der Waals surface area contributed by atoms with Crippen LogP contribution in [0.1, 0.15) is 23.2 Å². The fraction of sp³-hybridized carbons (Fsp3) is 0.462. The number of rotatable bonds is 4. The smallest absolute Gasteiger partial charge is 0.287 e. The highest BCUT2D eigenvalue weighted by molar-refractivity contribution is 6.33. The third-order valence-electron chi connectivity index (χ3n) is 3.50. The number of nitro benzene ring substituents is 1. The van der Waals surface area contributed by atoms with Gasteiger partial charge in [0.2, 0.25) is 0 Å². The highest BCUT2D eigenvalue weighted by atomic mass is 35.5. The third kappa shape index (κ3) is 3.08. The summed E-state index contributed by atoms with van der Waals surface area (Å²) in [5, 5.41) is 19.5. The van der Waals surface area contributed by atoms with Crippen molar-refractivity contribution in [2.45, 2.75) is 12.8 Å². The van der Waals surface area contributed by atoms with Crippen molar-refractivity contribution >= 4 is 23.2 Å². The van der Waals surface area contributed by atoms with Gasteiger partial charge < -0.3 is 10.0 Å². The van der Waals surface area contributed by atoms with Gasteiger partial charge in [0.1, 0.15) is 5.02 Å². The van der Waals surface area contributed by atoms with Gasteiger partial charge in [-0.05, 0) is 30.9 Å². The van der Waals surface area contributed by atoms with Gasteiger partial charge in [0.25, 0.3) is 11.6 Å². The minimum atomic E-state index is -0.580. The topological polar surface area (TPSA) is 83.7 Å². The average molecular weight is 299 g/mol. The minimum absolute atomic E-state index is 0.0352. The van der Waals surface area contributed by atoms with Crippen LogP contribution in [-0.2, 0) is 0 Å². The lowest BCUT2D eigenvalue weighted by molar-refractivity contribution is -0.384. The molecular formula is C13H15ClN2O4. The molecule has 1 heterocycles. The Morgan fingerprint density at radius 3 is 2.90 bits per heavy atom. The predicted molar refractivity (Wildman–Crippen MR) is 73.8 cm³/mol. The molecule has 1 aromatic rings. The van der Waals surface area contributed by atoms with Crippen LogP contribution < -0.4 is 0 Å². The fourth-order valence-corrected chi connectivity index (χ4v) is 2.66. The van der Waals surface area contributed by atoms with E-state index in [1.807, 2.05) is 0 Å². The van der Waals surface area contributed by atoms with Gasteiger partial charge in [-0.2, -0.15) is 0 Å². The van der Waals surface area contributed by atoms with Crippen LogP contribution in [0.4, 0.5) is 5.69 Å². The zero-order chi connectivity index (χ0) is 14.7. The maximum atomic E-state index is 12.3. The number of aliphatic hydroxyl groups excluding tert-OH is 1.